The van der Waals surface area contributed by atoms with Crippen molar-refractivity contribution in [2.24, 2.45) is 4.99 Å². The van der Waals surface area contributed by atoms with Gasteiger partial charge in [-0.2, -0.15) is 23.4 Å². The van der Waals surface area contributed by atoms with Gasteiger partial charge < -0.3 is 10.1 Å². The number of halogens is 8. The van der Waals surface area contributed by atoms with Crippen LogP contribution in [0.4, 0.5) is 48.8 Å². The van der Waals surface area contributed by atoms with Crippen LogP contribution in [-0.4, -0.2) is 50.4 Å². The molecule has 10 nitrogen and oxygen atoms in total. The molecule has 0 unspecified atom stereocenters. The smallest absolute Gasteiger partial charge is 0.367 e. The van der Waals surface area contributed by atoms with E-state index >= 15 is 0 Å². The lowest BCUT2D eigenvalue weighted by atomic mass is 10.0. The maximum atomic E-state index is 13.1. The standard InChI is InChI=1S/C30H23F8N7O3S2/c1-17-9-21(13-48-15-30(31,32)33)25(10-18(17)2)45-26(46)14-49-29(45)42-28(47)41-24-8-3-19(11-20(24)12-39)27-40-16-44(43-27)22-4-6-23(7-5-22)50(34,35,36,37)38/h3-11,16H,13-15H2,1-2H3,(H,41,47)/b42-29-. The van der Waals surface area contributed by atoms with Gasteiger partial charge in [0.2, 0.25) is 5.91 Å². The summed E-state index contributed by atoms with van der Waals surface area (Å²) in [7, 11) is -9.86. The number of alkyl halides is 3. The maximum Gasteiger partial charge on any atom is 0.411 e. The number of amidine groups is 1. The van der Waals surface area contributed by atoms with E-state index in [1.165, 1.54) is 18.2 Å². The molecular weight excluding hydrogens is 722 g/mol. The van der Waals surface area contributed by atoms with Gasteiger partial charge in [0, 0.05) is 11.1 Å². The van der Waals surface area contributed by atoms with E-state index in [-0.39, 0.29) is 62.6 Å². The molecule has 50 heavy (non-hydrogen) atoms. The van der Waals surface area contributed by atoms with Gasteiger partial charge in [-0.15, -0.1) is 5.10 Å². The second-order valence-corrected chi connectivity index (χ2v) is 14.2. The highest BCUT2D eigenvalue weighted by Crippen LogP contribution is 3.02. The van der Waals surface area contributed by atoms with E-state index in [4.69, 9.17) is 4.74 Å². The zero-order chi connectivity index (χ0) is 36.7. The van der Waals surface area contributed by atoms with Gasteiger partial charge in [0.05, 0.1) is 35.0 Å². The number of carbonyl (C=O) groups excluding carboxylic acids is 2. The molecule has 0 atom stereocenters. The molecule has 3 aromatic carbocycles. The monoisotopic (exact) mass is 745 g/mol. The number of rotatable bonds is 8. The Balaban J connectivity index is 1.35. The van der Waals surface area contributed by atoms with E-state index in [1.807, 2.05) is 6.07 Å². The molecule has 1 saturated heterocycles. The normalized spacial score (nSPS) is 15.9. The summed E-state index contributed by atoms with van der Waals surface area (Å²) in [6, 6.07) is 10.2. The average Bonchev–Trinajstić information content (AvgIpc) is 3.64. The molecule has 1 aliphatic heterocycles. The van der Waals surface area contributed by atoms with Crippen molar-refractivity contribution < 1.29 is 46.9 Å². The van der Waals surface area contributed by atoms with Crippen LogP contribution in [-0.2, 0) is 16.1 Å². The molecule has 0 saturated carbocycles. The van der Waals surface area contributed by atoms with Crippen LogP contribution in [0.5, 0.6) is 0 Å². The number of aliphatic imine (C=N–C) groups is 1. The lowest BCUT2D eigenvalue weighted by Gasteiger charge is -2.40. The van der Waals surface area contributed by atoms with Gasteiger partial charge in [-0.1, -0.05) is 37.3 Å². The SMILES string of the molecule is Cc1cc(COCC(F)(F)F)c(N2C(=O)CS/C2=N\C(=O)Nc2ccc(-c3ncn(-c4ccc(S(F)(F)(F)(F)F)cc4)n3)cc2C#N)cc1C. The van der Waals surface area contributed by atoms with Crippen LogP contribution in [0.1, 0.15) is 22.3 Å². The number of amides is 3. The molecule has 1 aliphatic rings. The second-order valence-electron chi connectivity index (χ2n) is 10.9. The second kappa shape index (κ2) is 12.4. The van der Waals surface area contributed by atoms with Crippen molar-refractivity contribution in [2.45, 2.75) is 31.5 Å². The number of hydrogen-bond acceptors (Lipinski definition) is 7. The predicted molar refractivity (Wildman–Crippen MR) is 171 cm³/mol. The Labute approximate surface area is 282 Å². The number of carbonyl (C=O) groups is 2. The minimum Gasteiger partial charge on any atom is -0.367 e. The lowest BCUT2D eigenvalue weighted by molar-refractivity contribution is -0.176. The summed E-state index contributed by atoms with van der Waals surface area (Å²) in [5.74, 6) is -0.581. The van der Waals surface area contributed by atoms with Crippen LogP contribution in [0.25, 0.3) is 17.1 Å². The molecule has 1 aromatic heterocycles. The fraction of sp³-hybridized carbons (Fsp3) is 0.200. The molecule has 264 valence electrons. The maximum absolute atomic E-state index is 13.1. The fourth-order valence-corrected chi connectivity index (χ4v) is 6.14. The van der Waals surface area contributed by atoms with E-state index in [1.54, 1.807) is 26.0 Å². The van der Waals surface area contributed by atoms with Gasteiger partial charge in [0.15, 0.2) is 11.0 Å². The van der Waals surface area contributed by atoms with Crippen LogP contribution < -0.4 is 10.2 Å². The number of nitrogens with zero attached hydrogens (tertiary/aromatic N) is 6. The zero-order valence-electron chi connectivity index (χ0n) is 25.6. The van der Waals surface area contributed by atoms with Crippen LogP contribution in [0.2, 0.25) is 0 Å². The van der Waals surface area contributed by atoms with Crippen molar-refractivity contribution in [2.75, 3.05) is 22.6 Å². The number of thioether (sulfide) groups is 1. The van der Waals surface area contributed by atoms with E-state index < -0.39 is 46.4 Å². The number of urea groups is 1. The number of anilines is 2. The van der Waals surface area contributed by atoms with Crippen molar-refractivity contribution in [1.29, 1.82) is 5.26 Å². The summed E-state index contributed by atoms with van der Waals surface area (Å²) in [6.45, 7) is 1.50. The van der Waals surface area contributed by atoms with Gasteiger partial charge in [-0.25, -0.2) is 14.5 Å². The summed E-state index contributed by atoms with van der Waals surface area (Å²) in [5, 5.41) is 16.3. The summed E-state index contributed by atoms with van der Waals surface area (Å²) in [6.07, 6.45) is -3.44. The number of nitrogens with one attached hydrogen (secondary N) is 1. The number of benzene rings is 3. The number of aromatic nitrogens is 3. The summed E-state index contributed by atoms with van der Waals surface area (Å²) in [5.41, 5.74) is 2.10. The molecule has 20 heteroatoms. The Kier molecular flexibility index (Phi) is 9.00. The predicted octanol–water partition coefficient (Wildman–Crippen LogP) is 8.83. The van der Waals surface area contributed by atoms with E-state index in [9.17, 15) is 47.5 Å². The molecule has 4 aromatic rings. The quantitative estimate of drug-likeness (QED) is 0.179. The van der Waals surface area contributed by atoms with Gasteiger partial charge in [-0.05, 0) is 73.5 Å². The Morgan fingerprint density at radius 3 is 2.38 bits per heavy atom. The Morgan fingerprint density at radius 2 is 1.74 bits per heavy atom. The van der Waals surface area contributed by atoms with Gasteiger partial charge >= 0.3 is 22.4 Å². The number of nitriles is 1. The first-order valence-corrected chi connectivity index (χ1v) is 17.0. The molecule has 5 rings (SSSR count). The summed E-state index contributed by atoms with van der Waals surface area (Å²) in [4.78, 5) is 33.0. The number of hydrogen-bond donors (Lipinski definition) is 1. The van der Waals surface area contributed by atoms with Crippen molar-refractivity contribution in [1.82, 2.24) is 14.8 Å². The van der Waals surface area contributed by atoms with E-state index in [0.717, 1.165) is 50.9 Å². The van der Waals surface area contributed by atoms with Gasteiger partial charge in [-0.3, -0.25) is 9.69 Å². The molecule has 2 heterocycles. The van der Waals surface area contributed by atoms with Crippen LogP contribution in [0.3, 0.4) is 0 Å². The van der Waals surface area contributed by atoms with Gasteiger partial charge in [0.1, 0.15) is 23.9 Å². The minimum absolute atomic E-state index is 0.00286. The molecule has 0 aliphatic carbocycles. The molecule has 0 spiro atoms. The highest BCUT2D eigenvalue weighted by Gasteiger charge is 2.65. The zero-order valence-corrected chi connectivity index (χ0v) is 27.3. The Morgan fingerprint density at radius 1 is 1.06 bits per heavy atom. The molecule has 0 bridgehead atoms. The van der Waals surface area contributed by atoms with Crippen LogP contribution in [0, 0.1) is 25.2 Å². The fourth-order valence-electron chi connectivity index (χ4n) is 4.63. The molecule has 1 fully saturated rings. The highest BCUT2D eigenvalue weighted by atomic mass is 32.5. The summed E-state index contributed by atoms with van der Waals surface area (Å²) >= 11 is 0.921. The minimum atomic E-state index is -9.86. The van der Waals surface area contributed by atoms with Crippen molar-refractivity contribution in [3.05, 3.63) is 83.2 Å². The molecule has 1 N–H and O–H groups in total. The van der Waals surface area contributed by atoms with Gasteiger partial charge in [0.25, 0.3) is 0 Å². The third-order valence-corrected chi connectivity index (χ3v) is 9.19. The van der Waals surface area contributed by atoms with E-state index in [0.29, 0.717) is 0 Å². The number of ether oxygens (including phenoxy) is 1. The lowest BCUT2D eigenvalue weighted by Crippen LogP contribution is -2.31. The highest BCUT2D eigenvalue weighted by molar-refractivity contribution is 8.45. The van der Waals surface area contributed by atoms with E-state index in [2.05, 4.69) is 20.4 Å². The van der Waals surface area contributed by atoms with Crippen molar-refractivity contribution in [3.63, 3.8) is 0 Å². The first-order chi connectivity index (χ1) is 23.1. The number of aryl methyl sites for hydroxylation is 2. The third kappa shape index (κ3) is 8.40. The van der Waals surface area contributed by atoms with Crippen LogP contribution >= 0.6 is 22.0 Å². The van der Waals surface area contributed by atoms with Crippen molar-refractivity contribution >= 4 is 50.5 Å². The largest absolute Gasteiger partial charge is 0.411 e. The Hall–Kier alpha value is -5.00. The molecule has 3 amide bonds. The first-order valence-electron chi connectivity index (χ1n) is 14.0. The molecule has 0 radical (unpaired) electrons. The summed E-state index contributed by atoms with van der Waals surface area (Å²) < 4.78 is 109. The molecular formula is C30H23F8N7O3S2. The third-order valence-electron chi connectivity index (χ3n) is 7.10. The first kappa shape index (κ1) is 36.3. The van der Waals surface area contributed by atoms with Crippen LogP contribution in [0.15, 0.2) is 70.8 Å². The average molecular weight is 746 g/mol. The topological polar surface area (TPSA) is 126 Å². The Bertz CT molecular complexity index is 2080. The van der Waals surface area contributed by atoms with Crippen molar-refractivity contribution in [3.8, 4) is 23.1 Å².